The number of aromatic nitrogens is 2. The Bertz CT molecular complexity index is 397. The van der Waals surface area contributed by atoms with Crippen LogP contribution in [-0.2, 0) is 13.0 Å². The van der Waals surface area contributed by atoms with Gasteiger partial charge in [0.15, 0.2) is 0 Å². The van der Waals surface area contributed by atoms with Crippen LogP contribution in [0.2, 0.25) is 0 Å². The molecular weight excluding hydrogens is 224 g/mol. The van der Waals surface area contributed by atoms with E-state index in [0.29, 0.717) is 5.41 Å². The smallest absolute Gasteiger partial charge is 0.0689 e. The van der Waals surface area contributed by atoms with Gasteiger partial charge in [-0.15, -0.1) is 0 Å². The molecule has 0 aromatic carbocycles. The molecule has 0 radical (unpaired) electrons. The van der Waals surface area contributed by atoms with Gasteiger partial charge in [0.05, 0.1) is 11.8 Å². The molecule has 1 aliphatic rings. The summed E-state index contributed by atoms with van der Waals surface area (Å²) in [5.74, 6) is 0. The maximum Gasteiger partial charge on any atom is 0.0689 e. The van der Waals surface area contributed by atoms with Gasteiger partial charge >= 0.3 is 0 Å². The second-order valence-electron chi connectivity index (χ2n) is 6.62. The second-order valence-corrected chi connectivity index (χ2v) is 6.62. The van der Waals surface area contributed by atoms with Crippen molar-refractivity contribution in [2.75, 3.05) is 0 Å². The average Bonchev–Trinajstić information content (AvgIpc) is 2.68. The minimum absolute atomic E-state index is 0.387. The summed E-state index contributed by atoms with van der Waals surface area (Å²) in [5.41, 5.74) is 1.03. The van der Waals surface area contributed by atoms with Gasteiger partial charge in [-0.05, 0) is 43.6 Å². The molecule has 1 atom stereocenters. The van der Waals surface area contributed by atoms with Crippen LogP contribution in [0.15, 0.2) is 12.4 Å². The Hall–Kier alpha value is -0.830. The van der Waals surface area contributed by atoms with E-state index < -0.39 is 5.60 Å². The third kappa shape index (κ3) is 3.35. The molecule has 0 bridgehead atoms. The molecule has 1 aromatic rings. The molecule has 0 spiro atoms. The van der Waals surface area contributed by atoms with Crippen LogP contribution in [0.4, 0.5) is 0 Å². The summed E-state index contributed by atoms with van der Waals surface area (Å²) in [6, 6.07) is 0. The van der Waals surface area contributed by atoms with Crippen LogP contribution in [0.3, 0.4) is 0 Å². The quantitative estimate of drug-likeness (QED) is 0.837. The van der Waals surface area contributed by atoms with E-state index >= 15 is 0 Å². The van der Waals surface area contributed by atoms with E-state index in [0.717, 1.165) is 38.6 Å². The van der Waals surface area contributed by atoms with Crippen molar-refractivity contribution in [1.82, 2.24) is 9.78 Å². The fraction of sp³-hybridized carbons (Fsp3) is 0.800. The minimum atomic E-state index is -0.518. The molecule has 1 fully saturated rings. The number of aliphatic hydroxyl groups is 1. The first-order valence-electron chi connectivity index (χ1n) is 7.16. The average molecular weight is 250 g/mol. The molecule has 0 saturated heterocycles. The van der Waals surface area contributed by atoms with Gasteiger partial charge in [-0.2, -0.15) is 5.10 Å². The monoisotopic (exact) mass is 250 g/mol. The first kappa shape index (κ1) is 13.6. The molecule has 1 aromatic heterocycles. The molecule has 1 N–H and O–H groups in total. The van der Waals surface area contributed by atoms with Crippen LogP contribution in [0.5, 0.6) is 0 Å². The van der Waals surface area contributed by atoms with E-state index in [-0.39, 0.29) is 0 Å². The van der Waals surface area contributed by atoms with E-state index in [1.54, 1.807) is 0 Å². The highest BCUT2D eigenvalue weighted by molar-refractivity contribution is 5.09. The predicted octanol–water partition coefficient (Wildman–Crippen LogP) is 3.17. The zero-order valence-corrected chi connectivity index (χ0v) is 11.9. The summed E-state index contributed by atoms with van der Waals surface area (Å²) in [5, 5.41) is 15.1. The van der Waals surface area contributed by atoms with Gasteiger partial charge in [-0.3, -0.25) is 4.68 Å². The Morgan fingerprint density at radius 2 is 2.06 bits per heavy atom. The van der Waals surface area contributed by atoms with Crippen LogP contribution in [0.1, 0.15) is 58.4 Å². The first-order chi connectivity index (χ1) is 8.42. The minimum Gasteiger partial charge on any atom is -0.390 e. The Labute approximate surface area is 110 Å². The largest absolute Gasteiger partial charge is 0.390 e. The Kier molecular flexibility index (Phi) is 3.81. The molecule has 18 heavy (non-hydrogen) atoms. The van der Waals surface area contributed by atoms with Crippen molar-refractivity contribution >= 4 is 0 Å². The van der Waals surface area contributed by atoms with Crippen molar-refractivity contribution in [3.8, 4) is 0 Å². The van der Waals surface area contributed by atoms with Crippen molar-refractivity contribution in [1.29, 1.82) is 0 Å². The van der Waals surface area contributed by atoms with Crippen LogP contribution in [0, 0.1) is 5.41 Å². The molecule has 0 amide bonds. The highest BCUT2D eigenvalue weighted by Crippen LogP contribution is 2.39. The molecule has 3 nitrogen and oxygen atoms in total. The fourth-order valence-corrected chi connectivity index (χ4v) is 2.94. The molecule has 3 heteroatoms. The Morgan fingerprint density at radius 3 is 2.72 bits per heavy atom. The highest BCUT2D eigenvalue weighted by Gasteiger charge is 2.34. The molecule has 102 valence electrons. The third-order valence-corrected chi connectivity index (χ3v) is 4.31. The molecule has 1 unspecified atom stereocenters. The Balaban J connectivity index is 2.02. The molecule has 0 aliphatic heterocycles. The molecule has 1 heterocycles. The van der Waals surface area contributed by atoms with E-state index in [1.165, 1.54) is 12.0 Å². The van der Waals surface area contributed by atoms with Gasteiger partial charge in [-0.25, -0.2) is 0 Å². The van der Waals surface area contributed by atoms with Crippen LogP contribution in [-0.4, -0.2) is 20.5 Å². The van der Waals surface area contributed by atoms with Gasteiger partial charge in [0.25, 0.3) is 0 Å². The number of aryl methyl sites for hydroxylation is 1. The van der Waals surface area contributed by atoms with Crippen LogP contribution < -0.4 is 0 Å². The molecule has 1 saturated carbocycles. The molecular formula is C15H26N2O. The zero-order chi connectivity index (χ0) is 13.2. The predicted molar refractivity (Wildman–Crippen MR) is 73.4 cm³/mol. The van der Waals surface area contributed by atoms with Gasteiger partial charge < -0.3 is 5.11 Å². The second kappa shape index (κ2) is 5.04. The first-order valence-corrected chi connectivity index (χ1v) is 7.16. The molecule has 1 aliphatic carbocycles. The standard InChI is InChI=1S/C15H26N2O/c1-4-17-12-13(11-16-17)10-15(18)7-5-6-14(2,3)8-9-15/h11-12,18H,4-10H2,1-3H3. The summed E-state index contributed by atoms with van der Waals surface area (Å²) in [6.45, 7) is 7.60. The van der Waals surface area contributed by atoms with Crippen molar-refractivity contribution in [2.45, 2.75) is 71.4 Å². The Morgan fingerprint density at radius 1 is 1.28 bits per heavy atom. The topological polar surface area (TPSA) is 38.0 Å². The van der Waals surface area contributed by atoms with E-state index in [4.69, 9.17) is 0 Å². The van der Waals surface area contributed by atoms with Crippen molar-refractivity contribution in [3.05, 3.63) is 18.0 Å². The lowest BCUT2D eigenvalue weighted by Crippen LogP contribution is -2.30. The van der Waals surface area contributed by atoms with Crippen molar-refractivity contribution in [2.24, 2.45) is 5.41 Å². The zero-order valence-electron chi connectivity index (χ0n) is 11.9. The van der Waals surface area contributed by atoms with E-state index in [1.807, 2.05) is 10.9 Å². The van der Waals surface area contributed by atoms with Crippen LogP contribution >= 0.6 is 0 Å². The van der Waals surface area contributed by atoms with E-state index in [2.05, 4.69) is 32.1 Å². The van der Waals surface area contributed by atoms with Crippen molar-refractivity contribution in [3.63, 3.8) is 0 Å². The van der Waals surface area contributed by atoms with Crippen molar-refractivity contribution < 1.29 is 5.11 Å². The lowest BCUT2D eigenvalue weighted by atomic mass is 9.83. The number of rotatable bonds is 3. The summed E-state index contributed by atoms with van der Waals surface area (Å²) in [4.78, 5) is 0. The lowest BCUT2D eigenvalue weighted by molar-refractivity contribution is 0.0226. The maximum atomic E-state index is 10.8. The van der Waals surface area contributed by atoms with Gasteiger partial charge in [0.2, 0.25) is 0 Å². The maximum absolute atomic E-state index is 10.8. The fourth-order valence-electron chi connectivity index (χ4n) is 2.94. The SMILES string of the molecule is CCn1cc(CC2(O)CCCC(C)(C)CC2)cn1. The summed E-state index contributed by atoms with van der Waals surface area (Å²) in [7, 11) is 0. The van der Waals surface area contributed by atoms with Crippen LogP contribution in [0.25, 0.3) is 0 Å². The summed E-state index contributed by atoms with van der Waals surface area (Å²) in [6.07, 6.45) is 10.0. The third-order valence-electron chi connectivity index (χ3n) is 4.31. The lowest BCUT2D eigenvalue weighted by Gasteiger charge is -2.27. The van der Waals surface area contributed by atoms with Gasteiger partial charge in [-0.1, -0.05) is 20.3 Å². The van der Waals surface area contributed by atoms with E-state index in [9.17, 15) is 5.11 Å². The normalized spacial score (nSPS) is 28.0. The van der Waals surface area contributed by atoms with Gasteiger partial charge in [0, 0.05) is 19.2 Å². The summed E-state index contributed by atoms with van der Waals surface area (Å²) < 4.78 is 1.93. The highest BCUT2D eigenvalue weighted by atomic mass is 16.3. The number of nitrogens with zero attached hydrogens (tertiary/aromatic N) is 2. The number of hydrogen-bond donors (Lipinski definition) is 1. The summed E-state index contributed by atoms with van der Waals surface area (Å²) >= 11 is 0. The number of hydrogen-bond acceptors (Lipinski definition) is 2. The van der Waals surface area contributed by atoms with Gasteiger partial charge in [0.1, 0.15) is 0 Å². The molecule has 2 rings (SSSR count).